The van der Waals surface area contributed by atoms with Crippen LogP contribution in [0, 0.1) is 13.8 Å². The van der Waals surface area contributed by atoms with Gasteiger partial charge in [-0.2, -0.15) is 0 Å². The average molecular weight is 299 g/mol. The molecule has 3 nitrogen and oxygen atoms in total. The van der Waals surface area contributed by atoms with E-state index >= 15 is 0 Å². The van der Waals surface area contributed by atoms with Gasteiger partial charge in [0, 0.05) is 13.1 Å². The Bertz CT molecular complexity index is 469. The zero-order valence-corrected chi connectivity index (χ0v) is 12.8. The first-order chi connectivity index (χ1) is 8.97. The van der Waals surface area contributed by atoms with Crippen LogP contribution in [0.1, 0.15) is 24.0 Å². The largest absolute Gasteiger partial charge is 0.391 e. The maximum Gasteiger partial charge on any atom is 0.173 e. The molecule has 1 fully saturated rings. The highest BCUT2D eigenvalue weighted by Crippen LogP contribution is 2.27. The van der Waals surface area contributed by atoms with Crippen LogP contribution < -0.4 is 5.32 Å². The van der Waals surface area contributed by atoms with E-state index in [4.69, 9.17) is 23.8 Å². The van der Waals surface area contributed by atoms with Crippen LogP contribution in [0.5, 0.6) is 0 Å². The van der Waals surface area contributed by atoms with Crippen molar-refractivity contribution in [3.05, 3.63) is 28.3 Å². The second kappa shape index (κ2) is 6.07. The third kappa shape index (κ3) is 3.59. The molecular formula is C14H19ClN2OS. The number of aryl methyl sites for hydroxylation is 2. The summed E-state index contributed by atoms with van der Waals surface area (Å²) in [5.41, 5.74) is 3.06. The quantitative estimate of drug-likeness (QED) is 0.781. The Morgan fingerprint density at radius 2 is 2.21 bits per heavy atom. The first-order valence-electron chi connectivity index (χ1n) is 6.48. The summed E-state index contributed by atoms with van der Waals surface area (Å²) in [6, 6.07) is 3.99. The van der Waals surface area contributed by atoms with Gasteiger partial charge in [-0.1, -0.05) is 17.7 Å². The standard InChI is InChI=1S/C14H19ClN2OS/c1-9-6-10(2)13(12(15)7-9)16-14(19)17-5-3-4-11(18)8-17/h6-7,11,18H,3-5,8H2,1-2H3,(H,16,19)/t11-/m0/s1. The molecule has 0 aliphatic carbocycles. The lowest BCUT2D eigenvalue weighted by molar-refractivity contribution is 0.104. The molecule has 19 heavy (non-hydrogen) atoms. The number of hydrogen-bond donors (Lipinski definition) is 2. The fourth-order valence-corrected chi connectivity index (χ4v) is 3.04. The van der Waals surface area contributed by atoms with E-state index in [0.29, 0.717) is 16.7 Å². The lowest BCUT2D eigenvalue weighted by Gasteiger charge is -2.32. The number of hydrogen-bond acceptors (Lipinski definition) is 2. The van der Waals surface area contributed by atoms with Crippen molar-refractivity contribution in [3.63, 3.8) is 0 Å². The van der Waals surface area contributed by atoms with Gasteiger partial charge in [0.15, 0.2) is 5.11 Å². The Labute approximate surface area is 124 Å². The number of rotatable bonds is 1. The Balaban J connectivity index is 2.10. The van der Waals surface area contributed by atoms with Gasteiger partial charge in [-0.25, -0.2) is 0 Å². The molecule has 1 aliphatic heterocycles. The highest BCUT2D eigenvalue weighted by molar-refractivity contribution is 7.80. The number of anilines is 1. The van der Waals surface area contributed by atoms with Gasteiger partial charge >= 0.3 is 0 Å². The van der Waals surface area contributed by atoms with Crippen molar-refractivity contribution in [1.29, 1.82) is 0 Å². The van der Waals surface area contributed by atoms with Crippen LogP contribution in [0.4, 0.5) is 5.69 Å². The normalized spacial score (nSPS) is 19.4. The van der Waals surface area contributed by atoms with Crippen molar-refractivity contribution in [2.75, 3.05) is 18.4 Å². The second-order valence-electron chi connectivity index (χ2n) is 5.11. The van der Waals surface area contributed by atoms with Gasteiger partial charge in [0.1, 0.15) is 0 Å². The molecule has 2 rings (SSSR count). The van der Waals surface area contributed by atoms with Crippen molar-refractivity contribution < 1.29 is 5.11 Å². The molecule has 0 aromatic heterocycles. The van der Waals surface area contributed by atoms with Crippen LogP contribution in [0.25, 0.3) is 0 Å². The van der Waals surface area contributed by atoms with E-state index in [2.05, 4.69) is 11.4 Å². The number of nitrogens with one attached hydrogen (secondary N) is 1. The van der Waals surface area contributed by atoms with Crippen LogP contribution in [-0.4, -0.2) is 34.3 Å². The van der Waals surface area contributed by atoms with Gasteiger partial charge in [-0.05, 0) is 56.1 Å². The molecule has 1 saturated heterocycles. The van der Waals surface area contributed by atoms with E-state index in [9.17, 15) is 5.11 Å². The maximum absolute atomic E-state index is 9.68. The summed E-state index contributed by atoms with van der Waals surface area (Å²) >= 11 is 11.7. The fraction of sp³-hybridized carbons (Fsp3) is 0.500. The van der Waals surface area contributed by atoms with Gasteiger partial charge in [0.25, 0.3) is 0 Å². The molecule has 0 saturated carbocycles. The molecule has 0 bridgehead atoms. The number of aliphatic hydroxyl groups excluding tert-OH is 1. The minimum absolute atomic E-state index is 0.289. The molecule has 1 heterocycles. The molecule has 1 aromatic carbocycles. The number of β-amino-alcohol motifs (C(OH)–C–C–N with tert-alkyl or cyclic N) is 1. The summed E-state index contributed by atoms with van der Waals surface area (Å²) in [5.74, 6) is 0. The smallest absolute Gasteiger partial charge is 0.173 e. The van der Waals surface area contributed by atoms with Gasteiger partial charge in [-0.15, -0.1) is 0 Å². The predicted molar refractivity (Wildman–Crippen MR) is 84.0 cm³/mol. The lowest BCUT2D eigenvalue weighted by atomic mass is 10.1. The lowest BCUT2D eigenvalue weighted by Crippen LogP contribution is -2.44. The Morgan fingerprint density at radius 1 is 1.47 bits per heavy atom. The molecular weight excluding hydrogens is 280 g/mol. The summed E-state index contributed by atoms with van der Waals surface area (Å²) < 4.78 is 0. The summed E-state index contributed by atoms with van der Waals surface area (Å²) in [4.78, 5) is 2.00. The average Bonchev–Trinajstić information content (AvgIpc) is 2.33. The number of benzene rings is 1. The van der Waals surface area contributed by atoms with E-state index in [1.807, 2.05) is 24.8 Å². The number of halogens is 1. The molecule has 104 valence electrons. The van der Waals surface area contributed by atoms with Crippen molar-refractivity contribution in [3.8, 4) is 0 Å². The van der Waals surface area contributed by atoms with Gasteiger partial charge in [0.2, 0.25) is 0 Å². The highest BCUT2D eigenvalue weighted by atomic mass is 35.5. The zero-order valence-electron chi connectivity index (χ0n) is 11.2. The van der Waals surface area contributed by atoms with Crippen LogP contribution in [0.15, 0.2) is 12.1 Å². The number of likely N-dealkylation sites (tertiary alicyclic amines) is 1. The molecule has 1 atom stereocenters. The molecule has 5 heteroatoms. The van der Waals surface area contributed by atoms with Crippen LogP contribution in [0.3, 0.4) is 0 Å². The number of thiocarbonyl (C=S) groups is 1. The molecule has 2 N–H and O–H groups in total. The maximum atomic E-state index is 9.68. The van der Waals surface area contributed by atoms with Gasteiger partial charge < -0.3 is 15.3 Å². The fourth-order valence-electron chi connectivity index (χ4n) is 2.40. The molecule has 0 radical (unpaired) electrons. The van der Waals surface area contributed by atoms with Crippen LogP contribution in [0.2, 0.25) is 5.02 Å². The number of nitrogens with zero attached hydrogens (tertiary/aromatic N) is 1. The SMILES string of the molecule is Cc1cc(C)c(NC(=S)N2CCC[C@H](O)C2)c(Cl)c1. The van der Waals surface area contributed by atoms with E-state index in [1.54, 1.807) is 0 Å². The third-order valence-corrected chi connectivity index (χ3v) is 4.01. The summed E-state index contributed by atoms with van der Waals surface area (Å²) in [6.45, 7) is 5.50. The number of piperidine rings is 1. The zero-order chi connectivity index (χ0) is 14.0. The molecule has 0 unspecified atom stereocenters. The minimum atomic E-state index is -0.289. The Kier molecular flexibility index (Phi) is 4.66. The highest BCUT2D eigenvalue weighted by Gasteiger charge is 2.20. The molecule has 0 spiro atoms. The first kappa shape index (κ1) is 14.6. The van der Waals surface area contributed by atoms with E-state index < -0.39 is 0 Å². The summed E-state index contributed by atoms with van der Waals surface area (Å²) in [5, 5.41) is 14.2. The van der Waals surface area contributed by atoms with Crippen molar-refractivity contribution in [2.45, 2.75) is 32.8 Å². The Morgan fingerprint density at radius 3 is 2.84 bits per heavy atom. The molecule has 1 aromatic rings. The third-order valence-electron chi connectivity index (χ3n) is 3.35. The monoisotopic (exact) mass is 298 g/mol. The van der Waals surface area contributed by atoms with Crippen molar-refractivity contribution in [1.82, 2.24) is 4.90 Å². The number of aliphatic hydroxyl groups is 1. The van der Waals surface area contributed by atoms with Crippen LogP contribution >= 0.6 is 23.8 Å². The first-order valence-corrected chi connectivity index (χ1v) is 7.26. The predicted octanol–water partition coefficient (Wildman–Crippen LogP) is 3.11. The second-order valence-corrected chi connectivity index (χ2v) is 5.90. The topological polar surface area (TPSA) is 35.5 Å². The van der Waals surface area contributed by atoms with Crippen LogP contribution in [-0.2, 0) is 0 Å². The van der Waals surface area contributed by atoms with Crippen molar-refractivity contribution >= 4 is 34.6 Å². The van der Waals surface area contributed by atoms with E-state index in [1.165, 1.54) is 0 Å². The summed E-state index contributed by atoms with van der Waals surface area (Å²) in [6.07, 6.45) is 1.52. The Hall–Kier alpha value is -0.840. The van der Waals surface area contributed by atoms with Crippen molar-refractivity contribution in [2.24, 2.45) is 0 Å². The van der Waals surface area contributed by atoms with E-state index in [-0.39, 0.29) is 6.10 Å². The molecule has 1 aliphatic rings. The van der Waals surface area contributed by atoms with Gasteiger partial charge in [0.05, 0.1) is 16.8 Å². The summed E-state index contributed by atoms with van der Waals surface area (Å²) in [7, 11) is 0. The molecule has 0 amide bonds. The minimum Gasteiger partial charge on any atom is -0.391 e. The van der Waals surface area contributed by atoms with E-state index in [0.717, 1.165) is 36.2 Å². The van der Waals surface area contributed by atoms with Gasteiger partial charge in [-0.3, -0.25) is 0 Å².